The third-order valence-corrected chi connectivity index (χ3v) is 2.96. The highest BCUT2D eigenvalue weighted by atomic mass is 16.4. The lowest BCUT2D eigenvalue weighted by Gasteiger charge is -2.29. The van der Waals surface area contributed by atoms with Crippen molar-refractivity contribution in [1.82, 2.24) is 5.32 Å². The van der Waals surface area contributed by atoms with Crippen molar-refractivity contribution in [2.75, 3.05) is 13.1 Å². The standard InChI is InChI=1S/C10H19NO2/c1-2-8(6-10(12)13)9-4-3-5-11-7-9/h8-9,11H,2-7H2,1H3,(H,12,13)/t8-,9-/m0/s1. The number of hydrogen-bond donors (Lipinski definition) is 2. The monoisotopic (exact) mass is 185 g/mol. The van der Waals surface area contributed by atoms with Gasteiger partial charge >= 0.3 is 5.97 Å². The fourth-order valence-electron chi connectivity index (χ4n) is 2.15. The summed E-state index contributed by atoms with van der Waals surface area (Å²) < 4.78 is 0. The third kappa shape index (κ3) is 3.35. The summed E-state index contributed by atoms with van der Waals surface area (Å²) in [5.41, 5.74) is 0. The first-order valence-corrected chi connectivity index (χ1v) is 5.16. The van der Waals surface area contributed by atoms with Gasteiger partial charge in [0.1, 0.15) is 0 Å². The summed E-state index contributed by atoms with van der Waals surface area (Å²) in [6.07, 6.45) is 3.71. The molecule has 0 aromatic heterocycles. The van der Waals surface area contributed by atoms with Gasteiger partial charge in [-0.05, 0) is 37.8 Å². The van der Waals surface area contributed by atoms with Crippen LogP contribution in [0.2, 0.25) is 0 Å². The first-order valence-electron chi connectivity index (χ1n) is 5.16. The molecule has 0 spiro atoms. The van der Waals surface area contributed by atoms with Crippen molar-refractivity contribution in [3.8, 4) is 0 Å². The van der Waals surface area contributed by atoms with Crippen molar-refractivity contribution in [3.63, 3.8) is 0 Å². The molecule has 76 valence electrons. The maximum atomic E-state index is 10.6. The topological polar surface area (TPSA) is 49.3 Å². The molecule has 2 N–H and O–H groups in total. The van der Waals surface area contributed by atoms with Crippen LogP contribution in [0.4, 0.5) is 0 Å². The second kappa shape index (κ2) is 5.22. The van der Waals surface area contributed by atoms with Gasteiger partial charge in [-0.15, -0.1) is 0 Å². The average Bonchev–Trinajstić information content (AvgIpc) is 2.15. The van der Waals surface area contributed by atoms with E-state index in [1.165, 1.54) is 12.8 Å². The van der Waals surface area contributed by atoms with Gasteiger partial charge in [0, 0.05) is 6.42 Å². The third-order valence-electron chi connectivity index (χ3n) is 2.96. The van der Waals surface area contributed by atoms with Gasteiger partial charge in [0.2, 0.25) is 0 Å². The number of carboxylic acid groups (broad SMARTS) is 1. The first-order chi connectivity index (χ1) is 6.24. The number of rotatable bonds is 4. The maximum absolute atomic E-state index is 10.6. The van der Waals surface area contributed by atoms with Crippen molar-refractivity contribution in [3.05, 3.63) is 0 Å². The number of piperidine rings is 1. The zero-order chi connectivity index (χ0) is 9.68. The Morgan fingerprint density at radius 2 is 2.46 bits per heavy atom. The quantitative estimate of drug-likeness (QED) is 0.697. The van der Waals surface area contributed by atoms with Gasteiger partial charge in [-0.25, -0.2) is 0 Å². The van der Waals surface area contributed by atoms with Crippen LogP contribution in [0, 0.1) is 11.8 Å². The SMILES string of the molecule is CC[C@@H](CC(=O)O)[C@H]1CCCNC1. The van der Waals surface area contributed by atoms with Gasteiger partial charge in [0.25, 0.3) is 0 Å². The Bertz CT molecular complexity index is 164. The van der Waals surface area contributed by atoms with E-state index in [-0.39, 0.29) is 0 Å². The number of nitrogens with one attached hydrogen (secondary N) is 1. The van der Waals surface area contributed by atoms with Gasteiger partial charge in [0.05, 0.1) is 0 Å². The Hall–Kier alpha value is -0.570. The molecule has 0 bridgehead atoms. The second-order valence-corrected chi connectivity index (χ2v) is 3.87. The Labute approximate surface area is 79.5 Å². The van der Waals surface area contributed by atoms with Crippen LogP contribution in [0.25, 0.3) is 0 Å². The van der Waals surface area contributed by atoms with E-state index >= 15 is 0 Å². The minimum Gasteiger partial charge on any atom is -0.481 e. The van der Waals surface area contributed by atoms with Crippen molar-refractivity contribution >= 4 is 5.97 Å². The van der Waals surface area contributed by atoms with E-state index in [0.29, 0.717) is 18.3 Å². The zero-order valence-electron chi connectivity index (χ0n) is 8.25. The fraction of sp³-hybridized carbons (Fsp3) is 0.900. The molecular weight excluding hydrogens is 166 g/mol. The Morgan fingerprint density at radius 3 is 2.92 bits per heavy atom. The van der Waals surface area contributed by atoms with Crippen LogP contribution in [-0.4, -0.2) is 24.2 Å². The predicted molar refractivity (Wildman–Crippen MR) is 51.6 cm³/mol. The van der Waals surface area contributed by atoms with Crippen LogP contribution >= 0.6 is 0 Å². The largest absolute Gasteiger partial charge is 0.481 e. The van der Waals surface area contributed by atoms with E-state index in [1.54, 1.807) is 0 Å². The van der Waals surface area contributed by atoms with Gasteiger partial charge < -0.3 is 10.4 Å². The lowest BCUT2D eigenvalue weighted by atomic mass is 9.82. The Balaban J connectivity index is 2.39. The summed E-state index contributed by atoms with van der Waals surface area (Å²) in [5.74, 6) is 0.289. The van der Waals surface area contributed by atoms with Crippen LogP contribution in [0.15, 0.2) is 0 Å². The van der Waals surface area contributed by atoms with Crippen molar-refractivity contribution in [1.29, 1.82) is 0 Å². The van der Waals surface area contributed by atoms with Crippen LogP contribution in [0.3, 0.4) is 0 Å². The minimum atomic E-state index is -0.655. The molecular formula is C10H19NO2. The lowest BCUT2D eigenvalue weighted by molar-refractivity contribution is -0.138. The summed E-state index contributed by atoms with van der Waals surface area (Å²) >= 11 is 0. The highest BCUT2D eigenvalue weighted by molar-refractivity contribution is 5.67. The molecule has 3 nitrogen and oxygen atoms in total. The molecule has 13 heavy (non-hydrogen) atoms. The van der Waals surface area contributed by atoms with Crippen molar-refractivity contribution < 1.29 is 9.90 Å². The molecule has 1 aliphatic heterocycles. The Morgan fingerprint density at radius 1 is 1.69 bits per heavy atom. The summed E-state index contributed by atoms with van der Waals surface area (Å²) in [7, 11) is 0. The van der Waals surface area contributed by atoms with Gasteiger partial charge in [-0.2, -0.15) is 0 Å². The van der Waals surface area contributed by atoms with Gasteiger partial charge in [-0.1, -0.05) is 13.3 Å². The minimum absolute atomic E-state index is 0.336. The highest BCUT2D eigenvalue weighted by Gasteiger charge is 2.23. The fourth-order valence-corrected chi connectivity index (χ4v) is 2.15. The molecule has 1 aliphatic rings. The second-order valence-electron chi connectivity index (χ2n) is 3.87. The number of carboxylic acids is 1. The van der Waals surface area contributed by atoms with Crippen LogP contribution in [-0.2, 0) is 4.79 Å². The summed E-state index contributed by atoms with van der Waals surface area (Å²) in [4.78, 5) is 10.6. The zero-order valence-corrected chi connectivity index (χ0v) is 8.25. The van der Waals surface area contributed by atoms with E-state index in [0.717, 1.165) is 19.5 Å². The van der Waals surface area contributed by atoms with E-state index in [4.69, 9.17) is 5.11 Å². The number of hydrogen-bond acceptors (Lipinski definition) is 2. The highest BCUT2D eigenvalue weighted by Crippen LogP contribution is 2.25. The molecule has 3 heteroatoms. The van der Waals surface area contributed by atoms with E-state index in [2.05, 4.69) is 12.2 Å². The summed E-state index contributed by atoms with van der Waals surface area (Å²) in [6, 6.07) is 0. The molecule has 1 saturated heterocycles. The molecule has 0 unspecified atom stereocenters. The van der Waals surface area contributed by atoms with Crippen LogP contribution in [0.5, 0.6) is 0 Å². The van der Waals surface area contributed by atoms with Crippen LogP contribution in [0.1, 0.15) is 32.6 Å². The first kappa shape index (κ1) is 10.5. The molecule has 0 amide bonds. The molecule has 1 rings (SSSR count). The predicted octanol–water partition coefficient (Wildman–Crippen LogP) is 1.49. The van der Waals surface area contributed by atoms with Crippen molar-refractivity contribution in [2.24, 2.45) is 11.8 Å². The maximum Gasteiger partial charge on any atom is 0.303 e. The smallest absolute Gasteiger partial charge is 0.303 e. The summed E-state index contributed by atoms with van der Waals surface area (Å²) in [5, 5.41) is 12.1. The van der Waals surface area contributed by atoms with E-state index in [1.807, 2.05) is 0 Å². The lowest BCUT2D eigenvalue weighted by Crippen LogP contribution is -2.34. The molecule has 0 aromatic carbocycles. The number of aliphatic carboxylic acids is 1. The van der Waals surface area contributed by atoms with Gasteiger partial charge in [-0.3, -0.25) is 4.79 Å². The molecule has 2 atom stereocenters. The van der Waals surface area contributed by atoms with Gasteiger partial charge in [0.15, 0.2) is 0 Å². The van der Waals surface area contributed by atoms with E-state index < -0.39 is 5.97 Å². The summed E-state index contributed by atoms with van der Waals surface area (Å²) in [6.45, 7) is 4.19. The molecule has 0 radical (unpaired) electrons. The molecule has 0 saturated carbocycles. The molecule has 0 aromatic rings. The number of carbonyl (C=O) groups is 1. The normalized spacial score (nSPS) is 25.5. The average molecular weight is 185 g/mol. The molecule has 1 fully saturated rings. The molecule has 1 heterocycles. The van der Waals surface area contributed by atoms with E-state index in [9.17, 15) is 4.79 Å². The molecule has 0 aliphatic carbocycles. The van der Waals surface area contributed by atoms with Crippen molar-refractivity contribution in [2.45, 2.75) is 32.6 Å². The van der Waals surface area contributed by atoms with Crippen LogP contribution < -0.4 is 5.32 Å². The Kier molecular flexibility index (Phi) is 4.22.